The third-order valence-electron chi connectivity index (χ3n) is 4.93. The van der Waals surface area contributed by atoms with E-state index >= 15 is 0 Å². The number of ether oxygens (including phenoxy) is 3. The van der Waals surface area contributed by atoms with Crippen LogP contribution in [0.4, 0.5) is 16.2 Å². The molecule has 0 bridgehead atoms. The van der Waals surface area contributed by atoms with Crippen molar-refractivity contribution in [2.24, 2.45) is 5.41 Å². The van der Waals surface area contributed by atoms with Gasteiger partial charge in [-0.15, -0.1) is 0 Å². The molecule has 0 aliphatic carbocycles. The number of anilines is 2. The standard InChI is InChI=1S/C24H32N2O5/c1-6-15-24(2,3)22(27)25-18-11-10-14-20(16-18)31-23(28)26(17-21(29-4)30-5)19-12-8-7-9-13-19/h7-14,16,21H,6,15,17H2,1-5H3,(H,25,27). The van der Waals surface area contributed by atoms with Gasteiger partial charge >= 0.3 is 6.09 Å². The van der Waals surface area contributed by atoms with Crippen molar-refractivity contribution in [3.8, 4) is 5.75 Å². The predicted molar refractivity (Wildman–Crippen MR) is 121 cm³/mol. The Bertz CT molecular complexity index is 850. The lowest BCUT2D eigenvalue weighted by molar-refractivity contribution is -0.124. The highest BCUT2D eigenvalue weighted by atomic mass is 16.7. The maximum absolute atomic E-state index is 13.0. The second kappa shape index (κ2) is 11.5. The summed E-state index contributed by atoms with van der Waals surface area (Å²) in [4.78, 5) is 27.0. The van der Waals surface area contributed by atoms with Crippen molar-refractivity contribution in [3.05, 3.63) is 54.6 Å². The third kappa shape index (κ3) is 7.08. The van der Waals surface area contributed by atoms with Gasteiger partial charge in [-0.2, -0.15) is 0 Å². The molecule has 0 atom stereocenters. The number of para-hydroxylation sites is 1. The molecular formula is C24H32N2O5. The number of rotatable bonds is 10. The molecule has 0 aromatic heterocycles. The number of carbonyl (C=O) groups is 2. The summed E-state index contributed by atoms with van der Waals surface area (Å²) in [5, 5.41) is 2.91. The van der Waals surface area contributed by atoms with Gasteiger partial charge in [0.15, 0.2) is 6.29 Å². The van der Waals surface area contributed by atoms with Crippen LogP contribution in [0.3, 0.4) is 0 Å². The lowest BCUT2D eigenvalue weighted by atomic mass is 9.87. The first-order valence-corrected chi connectivity index (χ1v) is 10.3. The molecule has 0 heterocycles. The SMILES string of the molecule is CCCC(C)(C)C(=O)Nc1cccc(OC(=O)N(CC(OC)OC)c2ccccc2)c1. The molecule has 0 aliphatic heterocycles. The van der Waals surface area contributed by atoms with Gasteiger partial charge in [0, 0.05) is 37.1 Å². The fourth-order valence-corrected chi connectivity index (χ4v) is 3.12. The van der Waals surface area contributed by atoms with E-state index in [1.165, 1.54) is 19.1 Å². The zero-order valence-electron chi connectivity index (χ0n) is 18.9. The van der Waals surface area contributed by atoms with Crippen LogP contribution in [-0.4, -0.2) is 39.1 Å². The summed E-state index contributed by atoms with van der Waals surface area (Å²) in [5.41, 5.74) is 0.732. The summed E-state index contributed by atoms with van der Waals surface area (Å²) in [6, 6.07) is 15.9. The highest BCUT2D eigenvalue weighted by Gasteiger charge is 2.27. The van der Waals surface area contributed by atoms with Crippen molar-refractivity contribution in [2.75, 3.05) is 31.0 Å². The zero-order chi connectivity index (χ0) is 22.9. The van der Waals surface area contributed by atoms with Crippen LogP contribution in [-0.2, 0) is 14.3 Å². The summed E-state index contributed by atoms with van der Waals surface area (Å²) in [5.74, 6) is 0.246. The van der Waals surface area contributed by atoms with E-state index in [2.05, 4.69) is 5.32 Å². The van der Waals surface area contributed by atoms with Gasteiger partial charge in [-0.1, -0.05) is 51.5 Å². The van der Waals surface area contributed by atoms with Crippen LogP contribution in [0, 0.1) is 5.41 Å². The van der Waals surface area contributed by atoms with E-state index in [0.717, 1.165) is 12.8 Å². The Morgan fingerprint density at radius 1 is 1.03 bits per heavy atom. The smallest absolute Gasteiger partial charge is 0.410 e. The number of methoxy groups -OCH3 is 2. The fourth-order valence-electron chi connectivity index (χ4n) is 3.12. The second-order valence-electron chi connectivity index (χ2n) is 7.83. The first kappa shape index (κ1) is 24.4. The van der Waals surface area contributed by atoms with Crippen molar-refractivity contribution in [2.45, 2.75) is 39.9 Å². The first-order chi connectivity index (χ1) is 14.8. The highest BCUT2D eigenvalue weighted by Crippen LogP contribution is 2.26. The largest absolute Gasteiger partial charge is 0.419 e. The predicted octanol–water partition coefficient (Wildman–Crippen LogP) is 5.08. The molecule has 0 spiro atoms. The normalized spacial score (nSPS) is 11.3. The molecule has 0 fully saturated rings. The number of benzene rings is 2. The van der Waals surface area contributed by atoms with Gasteiger partial charge in [0.2, 0.25) is 5.91 Å². The van der Waals surface area contributed by atoms with Crippen LogP contribution in [0.1, 0.15) is 33.6 Å². The molecular weight excluding hydrogens is 396 g/mol. The summed E-state index contributed by atoms with van der Waals surface area (Å²) < 4.78 is 16.1. The van der Waals surface area contributed by atoms with E-state index in [1.807, 2.05) is 39.0 Å². The maximum Gasteiger partial charge on any atom is 0.419 e. The summed E-state index contributed by atoms with van der Waals surface area (Å²) >= 11 is 0. The van der Waals surface area contributed by atoms with Gasteiger partial charge in [-0.25, -0.2) is 4.79 Å². The van der Waals surface area contributed by atoms with Crippen molar-refractivity contribution >= 4 is 23.4 Å². The van der Waals surface area contributed by atoms with E-state index < -0.39 is 17.8 Å². The number of carbonyl (C=O) groups excluding carboxylic acids is 2. The van der Waals surface area contributed by atoms with E-state index in [0.29, 0.717) is 17.1 Å². The molecule has 2 aromatic carbocycles. The molecule has 0 aliphatic rings. The minimum Gasteiger partial charge on any atom is -0.410 e. The molecule has 168 valence electrons. The fraction of sp³-hybridized carbons (Fsp3) is 0.417. The number of nitrogens with zero attached hydrogens (tertiary/aromatic N) is 1. The van der Waals surface area contributed by atoms with Gasteiger partial charge < -0.3 is 19.5 Å². The first-order valence-electron chi connectivity index (χ1n) is 10.3. The van der Waals surface area contributed by atoms with Gasteiger partial charge in [-0.05, 0) is 30.7 Å². The average molecular weight is 429 g/mol. The zero-order valence-corrected chi connectivity index (χ0v) is 18.9. The minimum absolute atomic E-state index is 0.0771. The summed E-state index contributed by atoms with van der Waals surface area (Å²) in [7, 11) is 3.02. The van der Waals surface area contributed by atoms with Crippen molar-refractivity contribution in [1.29, 1.82) is 0 Å². The monoisotopic (exact) mass is 428 g/mol. The Morgan fingerprint density at radius 3 is 2.32 bits per heavy atom. The molecule has 0 saturated heterocycles. The molecule has 2 aromatic rings. The van der Waals surface area contributed by atoms with Crippen molar-refractivity contribution < 1.29 is 23.8 Å². The third-order valence-corrected chi connectivity index (χ3v) is 4.93. The van der Waals surface area contributed by atoms with Crippen molar-refractivity contribution in [3.63, 3.8) is 0 Å². The molecule has 2 amide bonds. The lowest BCUT2D eigenvalue weighted by Gasteiger charge is -2.26. The molecule has 1 N–H and O–H groups in total. The van der Waals surface area contributed by atoms with Crippen LogP contribution in [0.2, 0.25) is 0 Å². The molecule has 0 saturated carbocycles. The number of nitrogens with one attached hydrogen (secondary N) is 1. The van der Waals surface area contributed by atoms with Gasteiger partial charge in [-0.3, -0.25) is 9.69 Å². The molecule has 7 heteroatoms. The number of hydrogen-bond donors (Lipinski definition) is 1. The van der Waals surface area contributed by atoms with Crippen LogP contribution in [0.25, 0.3) is 0 Å². The molecule has 0 unspecified atom stereocenters. The Kier molecular flexibility index (Phi) is 9.03. The molecule has 7 nitrogen and oxygen atoms in total. The van der Waals surface area contributed by atoms with E-state index in [-0.39, 0.29) is 12.5 Å². The molecule has 2 rings (SSSR count). The van der Waals surface area contributed by atoms with E-state index in [9.17, 15) is 9.59 Å². The number of amides is 2. The second-order valence-corrected chi connectivity index (χ2v) is 7.83. The Hall–Kier alpha value is -2.90. The average Bonchev–Trinajstić information content (AvgIpc) is 2.75. The number of hydrogen-bond acceptors (Lipinski definition) is 5. The van der Waals surface area contributed by atoms with Gasteiger partial charge in [0.1, 0.15) is 5.75 Å². The Balaban J connectivity index is 2.16. The maximum atomic E-state index is 13.0. The molecule has 0 radical (unpaired) electrons. The van der Waals surface area contributed by atoms with Crippen LogP contribution in [0.5, 0.6) is 5.75 Å². The lowest BCUT2D eigenvalue weighted by Crippen LogP contribution is -2.40. The highest BCUT2D eigenvalue weighted by molar-refractivity contribution is 5.95. The topological polar surface area (TPSA) is 77.1 Å². The quantitative estimate of drug-likeness (QED) is 0.534. The Morgan fingerprint density at radius 2 is 1.71 bits per heavy atom. The van der Waals surface area contributed by atoms with E-state index in [1.54, 1.807) is 36.4 Å². The Labute approximate surface area is 184 Å². The van der Waals surface area contributed by atoms with Crippen LogP contribution < -0.4 is 15.0 Å². The van der Waals surface area contributed by atoms with Crippen LogP contribution in [0.15, 0.2) is 54.6 Å². The molecule has 31 heavy (non-hydrogen) atoms. The van der Waals surface area contributed by atoms with Crippen LogP contribution >= 0.6 is 0 Å². The summed E-state index contributed by atoms with van der Waals surface area (Å²) in [6.45, 7) is 6.02. The minimum atomic E-state index is -0.612. The van der Waals surface area contributed by atoms with Crippen molar-refractivity contribution in [1.82, 2.24) is 0 Å². The van der Waals surface area contributed by atoms with Gasteiger partial charge in [0.25, 0.3) is 0 Å². The van der Waals surface area contributed by atoms with Gasteiger partial charge in [0.05, 0.1) is 6.54 Å². The van der Waals surface area contributed by atoms with E-state index in [4.69, 9.17) is 14.2 Å². The summed E-state index contributed by atoms with van der Waals surface area (Å²) in [6.07, 6.45) is 0.496.